The summed E-state index contributed by atoms with van der Waals surface area (Å²) in [5, 5.41) is 0. The maximum atomic E-state index is 12.7. The molecule has 1 saturated carbocycles. The number of carbonyl (C=O) groups excluding carboxylic acids is 1. The third-order valence-corrected chi connectivity index (χ3v) is 4.65. The molecule has 0 bridgehead atoms. The fourth-order valence-corrected chi connectivity index (χ4v) is 3.58. The number of rotatable bonds is 2. The minimum absolute atomic E-state index is 0.00862. The number of pyridine rings is 1. The van der Waals surface area contributed by atoms with Crippen LogP contribution in [0.15, 0.2) is 18.3 Å². The molecule has 3 heteroatoms. The van der Waals surface area contributed by atoms with Crippen LogP contribution in [0.2, 0.25) is 0 Å². The van der Waals surface area contributed by atoms with E-state index in [1.165, 1.54) is 12.8 Å². The highest BCUT2D eigenvalue weighted by atomic mass is 16.5. The lowest BCUT2D eigenvalue weighted by Gasteiger charge is -2.37. The van der Waals surface area contributed by atoms with Gasteiger partial charge in [0.15, 0.2) is 5.78 Å². The average molecular weight is 259 g/mol. The highest BCUT2D eigenvalue weighted by molar-refractivity contribution is 5.98. The highest BCUT2D eigenvalue weighted by Gasteiger charge is 2.42. The Bertz CT molecular complexity index is 477. The lowest BCUT2D eigenvalue weighted by Crippen LogP contribution is -2.39. The Morgan fingerprint density at radius 2 is 2.21 bits per heavy atom. The Kier molecular flexibility index (Phi) is 3.40. The van der Waals surface area contributed by atoms with Crippen molar-refractivity contribution in [3.8, 4) is 0 Å². The predicted octanol–water partition coefficient (Wildman–Crippen LogP) is 3.31. The quantitative estimate of drug-likeness (QED) is 0.765. The van der Waals surface area contributed by atoms with Crippen molar-refractivity contribution < 1.29 is 9.53 Å². The van der Waals surface area contributed by atoms with E-state index in [4.69, 9.17) is 4.74 Å². The van der Waals surface area contributed by atoms with Gasteiger partial charge in [0.05, 0.1) is 5.60 Å². The molecule has 1 spiro atoms. The number of nitrogens with zero attached hydrogens (tertiary/aromatic N) is 1. The van der Waals surface area contributed by atoms with Crippen molar-refractivity contribution in [2.45, 2.75) is 51.0 Å². The summed E-state index contributed by atoms with van der Waals surface area (Å²) in [7, 11) is 0. The summed E-state index contributed by atoms with van der Waals surface area (Å²) in [6, 6.07) is 3.76. The Hall–Kier alpha value is -1.22. The molecule has 19 heavy (non-hydrogen) atoms. The van der Waals surface area contributed by atoms with Crippen LogP contribution in [0.1, 0.15) is 54.6 Å². The summed E-state index contributed by atoms with van der Waals surface area (Å²) in [4.78, 5) is 16.9. The first kappa shape index (κ1) is 12.8. The summed E-state index contributed by atoms with van der Waals surface area (Å²) < 4.78 is 6.01. The third-order valence-electron chi connectivity index (χ3n) is 4.65. The Labute approximate surface area is 114 Å². The molecule has 1 atom stereocenters. The first-order chi connectivity index (χ1) is 9.20. The van der Waals surface area contributed by atoms with Crippen LogP contribution in [-0.2, 0) is 4.74 Å². The molecule has 3 nitrogen and oxygen atoms in total. The molecule has 1 aliphatic carbocycles. The smallest absolute Gasteiger partial charge is 0.167 e. The summed E-state index contributed by atoms with van der Waals surface area (Å²) in [5.41, 5.74) is 1.65. The van der Waals surface area contributed by atoms with Crippen LogP contribution < -0.4 is 0 Å². The fraction of sp³-hybridized carbons (Fsp3) is 0.625. The first-order valence-corrected chi connectivity index (χ1v) is 7.30. The molecule has 1 aromatic rings. The van der Waals surface area contributed by atoms with E-state index >= 15 is 0 Å². The van der Waals surface area contributed by atoms with Crippen molar-refractivity contribution in [3.05, 3.63) is 29.6 Å². The SMILES string of the molecule is Cc1ncccc1C(=O)C1CCOC2(CCCC2)C1. The van der Waals surface area contributed by atoms with E-state index in [1.54, 1.807) is 6.20 Å². The van der Waals surface area contributed by atoms with Gasteiger partial charge in [-0.2, -0.15) is 0 Å². The van der Waals surface area contributed by atoms with Crippen molar-refractivity contribution in [2.24, 2.45) is 5.92 Å². The number of ether oxygens (including phenoxy) is 1. The molecule has 0 radical (unpaired) electrons. The van der Waals surface area contributed by atoms with Gasteiger partial charge in [-0.25, -0.2) is 0 Å². The van der Waals surface area contributed by atoms with Gasteiger partial charge in [0.1, 0.15) is 0 Å². The molecule has 2 heterocycles. The molecule has 0 aromatic carbocycles. The molecule has 0 amide bonds. The van der Waals surface area contributed by atoms with Crippen molar-refractivity contribution in [2.75, 3.05) is 6.61 Å². The van der Waals surface area contributed by atoms with E-state index in [0.29, 0.717) is 0 Å². The van der Waals surface area contributed by atoms with Crippen LogP contribution in [-0.4, -0.2) is 23.0 Å². The molecule has 2 aliphatic rings. The Morgan fingerprint density at radius 1 is 1.42 bits per heavy atom. The second-order valence-electron chi connectivity index (χ2n) is 5.93. The number of ketones is 1. The lowest BCUT2D eigenvalue weighted by atomic mass is 9.80. The van der Waals surface area contributed by atoms with Crippen molar-refractivity contribution in [1.29, 1.82) is 0 Å². The number of Topliss-reactive ketones (excluding diaryl/α,β-unsaturated/α-hetero) is 1. The van der Waals surface area contributed by atoms with E-state index in [-0.39, 0.29) is 17.3 Å². The highest BCUT2D eigenvalue weighted by Crippen LogP contribution is 2.42. The summed E-state index contributed by atoms with van der Waals surface area (Å²) in [5.74, 6) is 0.384. The van der Waals surface area contributed by atoms with Gasteiger partial charge < -0.3 is 4.74 Å². The molecular formula is C16H21NO2. The normalized spacial score (nSPS) is 25.6. The maximum absolute atomic E-state index is 12.7. The van der Waals surface area contributed by atoms with E-state index in [0.717, 1.165) is 43.5 Å². The van der Waals surface area contributed by atoms with Crippen LogP contribution in [0.25, 0.3) is 0 Å². The number of aromatic nitrogens is 1. The van der Waals surface area contributed by atoms with E-state index in [2.05, 4.69) is 4.98 Å². The fourth-order valence-electron chi connectivity index (χ4n) is 3.58. The van der Waals surface area contributed by atoms with Crippen LogP contribution in [0, 0.1) is 12.8 Å². The van der Waals surface area contributed by atoms with Gasteiger partial charge in [0.2, 0.25) is 0 Å². The zero-order chi connectivity index (χ0) is 13.3. The monoisotopic (exact) mass is 259 g/mol. The largest absolute Gasteiger partial charge is 0.375 e. The number of hydrogen-bond acceptors (Lipinski definition) is 3. The van der Waals surface area contributed by atoms with Crippen LogP contribution in [0.4, 0.5) is 0 Å². The molecule has 2 fully saturated rings. The van der Waals surface area contributed by atoms with Gasteiger partial charge in [0.25, 0.3) is 0 Å². The number of aryl methyl sites for hydroxylation is 1. The van der Waals surface area contributed by atoms with Gasteiger partial charge in [-0.1, -0.05) is 12.8 Å². The van der Waals surface area contributed by atoms with Crippen molar-refractivity contribution in [1.82, 2.24) is 4.98 Å². The maximum Gasteiger partial charge on any atom is 0.167 e. The summed E-state index contributed by atoms with van der Waals surface area (Å²) >= 11 is 0. The van der Waals surface area contributed by atoms with Crippen LogP contribution >= 0.6 is 0 Å². The minimum atomic E-state index is 0.00862. The molecule has 0 N–H and O–H groups in total. The van der Waals surface area contributed by atoms with Gasteiger partial charge in [-0.15, -0.1) is 0 Å². The third kappa shape index (κ3) is 2.44. The summed E-state index contributed by atoms with van der Waals surface area (Å²) in [6.07, 6.45) is 8.24. The Balaban J connectivity index is 1.78. The van der Waals surface area contributed by atoms with Crippen LogP contribution in [0.5, 0.6) is 0 Å². The van der Waals surface area contributed by atoms with Gasteiger partial charge >= 0.3 is 0 Å². The first-order valence-electron chi connectivity index (χ1n) is 7.30. The number of hydrogen-bond donors (Lipinski definition) is 0. The second kappa shape index (κ2) is 5.04. The molecular weight excluding hydrogens is 238 g/mol. The van der Waals surface area contributed by atoms with Crippen LogP contribution in [0.3, 0.4) is 0 Å². The standard InChI is InChI=1S/C16H21NO2/c1-12-14(5-4-9-17-12)15(18)13-6-10-19-16(11-13)7-2-3-8-16/h4-5,9,13H,2-3,6-8,10-11H2,1H3. The lowest BCUT2D eigenvalue weighted by molar-refractivity contribution is -0.0866. The predicted molar refractivity (Wildman–Crippen MR) is 73.2 cm³/mol. The van der Waals surface area contributed by atoms with E-state index < -0.39 is 0 Å². The van der Waals surface area contributed by atoms with E-state index in [9.17, 15) is 4.79 Å². The molecule has 102 valence electrons. The van der Waals surface area contributed by atoms with Crippen molar-refractivity contribution >= 4 is 5.78 Å². The van der Waals surface area contributed by atoms with Gasteiger partial charge in [-0.05, 0) is 44.7 Å². The zero-order valence-corrected chi connectivity index (χ0v) is 11.5. The number of carbonyl (C=O) groups is 1. The van der Waals surface area contributed by atoms with E-state index in [1.807, 2.05) is 19.1 Å². The molecule has 3 rings (SSSR count). The molecule has 1 saturated heterocycles. The average Bonchev–Trinajstić information content (AvgIpc) is 2.86. The zero-order valence-electron chi connectivity index (χ0n) is 11.5. The van der Waals surface area contributed by atoms with Crippen molar-refractivity contribution in [3.63, 3.8) is 0 Å². The van der Waals surface area contributed by atoms with Gasteiger partial charge in [0, 0.05) is 30.0 Å². The second-order valence-corrected chi connectivity index (χ2v) is 5.93. The van der Waals surface area contributed by atoms with Gasteiger partial charge in [-0.3, -0.25) is 9.78 Å². The minimum Gasteiger partial charge on any atom is -0.375 e. The molecule has 1 unspecified atom stereocenters. The molecule has 1 aromatic heterocycles. The molecule has 1 aliphatic heterocycles. The Morgan fingerprint density at radius 3 is 2.95 bits per heavy atom. The topological polar surface area (TPSA) is 39.2 Å². The summed E-state index contributed by atoms with van der Waals surface area (Å²) in [6.45, 7) is 2.65.